The van der Waals surface area contributed by atoms with E-state index in [1.165, 1.54) is 0 Å². The van der Waals surface area contributed by atoms with Crippen LogP contribution in [0.2, 0.25) is 0 Å². The van der Waals surface area contributed by atoms with E-state index in [-0.39, 0.29) is 23.3 Å². The minimum absolute atomic E-state index is 0.205. The lowest BCUT2D eigenvalue weighted by atomic mass is 10.1. The molecule has 0 aliphatic carbocycles. The SMILES string of the molecule is [2H]c1c(C([2H])([2H])[2H])cnc(-c2ccc3c(c2)oc2ccccc23)c1[2H]. The van der Waals surface area contributed by atoms with Crippen molar-refractivity contribution >= 4 is 21.9 Å². The van der Waals surface area contributed by atoms with Crippen LogP contribution in [-0.4, -0.2) is 4.98 Å². The summed E-state index contributed by atoms with van der Waals surface area (Å²) < 4.78 is 44.2. The second-order valence-corrected chi connectivity index (χ2v) is 4.58. The molecule has 0 N–H and O–H groups in total. The Balaban J connectivity index is 1.90. The molecule has 4 aromatic rings. The van der Waals surface area contributed by atoms with Crippen molar-refractivity contribution in [2.75, 3.05) is 0 Å². The number of furan rings is 1. The first kappa shape index (κ1) is 7.25. The van der Waals surface area contributed by atoms with Crippen LogP contribution in [0.15, 0.2) is 65.2 Å². The van der Waals surface area contributed by atoms with E-state index in [1.807, 2.05) is 30.3 Å². The summed E-state index contributed by atoms with van der Waals surface area (Å²) in [4.78, 5) is 4.13. The molecule has 0 spiro atoms. The number of aryl methyl sites for hydroxylation is 1. The van der Waals surface area contributed by atoms with Gasteiger partial charge in [-0.05, 0) is 36.7 Å². The molecule has 2 heterocycles. The maximum Gasteiger partial charge on any atom is 0.136 e. The normalized spacial score (nSPS) is 15.5. The molecule has 0 unspecified atom stereocenters. The molecule has 20 heavy (non-hydrogen) atoms. The average Bonchev–Trinajstić information content (AvgIpc) is 2.93. The minimum Gasteiger partial charge on any atom is -0.456 e. The first-order valence-corrected chi connectivity index (χ1v) is 6.24. The van der Waals surface area contributed by atoms with Crippen LogP contribution in [0.4, 0.5) is 0 Å². The first-order chi connectivity index (χ1) is 11.9. The Morgan fingerprint density at radius 1 is 1.05 bits per heavy atom. The molecular formula is C18H13NO. The maximum atomic E-state index is 8.14. The van der Waals surface area contributed by atoms with Crippen molar-refractivity contribution < 1.29 is 11.3 Å². The van der Waals surface area contributed by atoms with Crippen LogP contribution in [0, 0.1) is 6.85 Å². The monoisotopic (exact) mass is 264 g/mol. The summed E-state index contributed by atoms with van der Waals surface area (Å²) in [7, 11) is 0. The molecule has 4 rings (SSSR count). The second kappa shape index (κ2) is 4.20. The second-order valence-electron chi connectivity index (χ2n) is 4.58. The van der Waals surface area contributed by atoms with Crippen LogP contribution in [-0.2, 0) is 0 Å². The fourth-order valence-electron chi connectivity index (χ4n) is 2.34. The van der Waals surface area contributed by atoms with E-state index in [9.17, 15) is 0 Å². The number of hydrogen-bond acceptors (Lipinski definition) is 2. The van der Waals surface area contributed by atoms with Crippen LogP contribution in [0.1, 0.15) is 12.4 Å². The quantitative estimate of drug-likeness (QED) is 0.486. The molecular weight excluding hydrogens is 246 g/mol. The van der Waals surface area contributed by atoms with Gasteiger partial charge in [-0.2, -0.15) is 0 Å². The van der Waals surface area contributed by atoms with E-state index in [1.54, 1.807) is 12.1 Å². The highest BCUT2D eigenvalue weighted by Crippen LogP contribution is 2.31. The van der Waals surface area contributed by atoms with E-state index in [2.05, 4.69) is 4.98 Å². The summed E-state index contributed by atoms with van der Waals surface area (Å²) in [5.41, 5.74) is 2.09. The molecule has 0 saturated heterocycles. The number of hydrogen-bond donors (Lipinski definition) is 0. The van der Waals surface area contributed by atoms with Crippen molar-refractivity contribution in [3.8, 4) is 11.3 Å². The van der Waals surface area contributed by atoms with Crippen LogP contribution in [0.5, 0.6) is 0 Å². The summed E-state index contributed by atoms with van der Waals surface area (Å²) in [5, 5.41) is 1.96. The molecule has 0 atom stereocenters. The van der Waals surface area contributed by atoms with Gasteiger partial charge in [0.15, 0.2) is 0 Å². The Bertz CT molecular complexity index is 1110. The van der Waals surface area contributed by atoms with E-state index in [0.717, 1.165) is 22.6 Å². The number of nitrogens with zero attached hydrogens (tertiary/aromatic N) is 1. The number of para-hydroxylation sites is 1. The van der Waals surface area contributed by atoms with Crippen LogP contribution in [0.3, 0.4) is 0 Å². The zero-order valence-corrected chi connectivity index (χ0v) is 10.5. The third-order valence-electron chi connectivity index (χ3n) is 3.29. The molecule has 0 amide bonds. The predicted octanol–water partition coefficient (Wildman–Crippen LogP) is 4.96. The molecule has 0 aliphatic heterocycles. The standard InChI is InChI=1S/C18H13NO/c1-12-6-9-16(19-11-12)13-7-8-15-14-4-2-3-5-17(14)20-18(15)10-13/h2-11H,1H3/i1D3,6D,9D. The van der Waals surface area contributed by atoms with Crippen molar-refractivity contribution in [3.05, 3.63) is 66.3 Å². The van der Waals surface area contributed by atoms with Gasteiger partial charge >= 0.3 is 0 Å². The molecule has 2 aromatic heterocycles. The smallest absolute Gasteiger partial charge is 0.136 e. The van der Waals surface area contributed by atoms with Gasteiger partial charge in [0, 0.05) is 26.6 Å². The molecule has 0 radical (unpaired) electrons. The number of benzene rings is 2. The van der Waals surface area contributed by atoms with Gasteiger partial charge < -0.3 is 4.42 Å². The Hall–Kier alpha value is -2.61. The summed E-state index contributed by atoms with van der Waals surface area (Å²) in [6.07, 6.45) is 1.16. The lowest BCUT2D eigenvalue weighted by Crippen LogP contribution is -1.83. The first-order valence-electron chi connectivity index (χ1n) is 8.74. The van der Waals surface area contributed by atoms with Crippen molar-refractivity contribution in [3.63, 3.8) is 0 Å². The van der Waals surface area contributed by atoms with Crippen molar-refractivity contribution in [2.24, 2.45) is 0 Å². The molecule has 2 nitrogen and oxygen atoms in total. The Morgan fingerprint density at radius 2 is 1.95 bits per heavy atom. The van der Waals surface area contributed by atoms with Gasteiger partial charge in [0.2, 0.25) is 0 Å². The lowest BCUT2D eigenvalue weighted by molar-refractivity contribution is 0.669. The summed E-state index contributed by atoms with van der Waals surface area (Å²) >= 11 is 0. The molecule has 2 aromatic carbocycles. The number of pyridine rings is 1. The third kappa shape index (κ3) is 1.69. The van der Waals surface area contributed by atoms with E-state index < -0.39 is 6.85 Å². The van der Waals surface area contributed by atoms with Gasteiger partial charge in [0.1, 0.15) is 11.2 Å². The Kier molecular flexibility index (Phi) is 1.52. The minimum atomic E-state index is -2.46. The number of rotatable bonds is 1. The van der Waals surface area contributed by atoms with Gasteiger partial charge in [0.25, 0.3) is 0 Å². The summed E-state index contributed by atoms with van der Waals surface area (Å²) in [6.45, 7) is -2.46. The average molecular weight is 264 g/mol. The number of fused-ring (bicyclic) bond motifs is 3. The molecule has 96 valence electrons. The van der Waals surface area contributed by atoms with Crippen molar-refractivity contribution in [1.82, 2.24) is 4.98 Å². The van der Waals surface area contributed by atoms with Crippen LogP contribution >= 0.6 is 0 Å². The highest BCUT2D eigenvalue weighted by Gasteiger charge is 2.08. The van der Waals surface area contributed by atoms with Crippen LogP contribution in [0.25, 0.3) is 33.2 Å². The topological polar surface area (TPSA) is 26.0 Å². The summed E-state index contributed by atoms with van der Waals surface area (Å²) in [5.74, 6) is 0. The fraction of sp³-hybridized carbons (Fsp3) is 0.0556. The Labute approximate surface area is 123 Å². The highest BCUT2D eigenvalue weighted by atomic mass is 16.3. The highest BCUT2D eigenvalue weighted by molar-refractivity contribution is 6.05. The van der Waals surface area contributed by atoms with Gasteiger partial charge in [-0.25, -0.2) is 0 Å². The molecule has 0 fully saturated rings. The van der Waals surface area contributed by atoms with Crippen molar-refractivity contribution in [1.29, 1.82) is 0 Å². The van der Waals surface area contributed by atoms with E-state index in [4.69, 9.17) is 11.3 Å². The molecule has 2 heteroatoms. The van der Waals surface area contributed by atoms with Crippen molar-refractivity contribution in [2.45, 2.75) is 6.85 Å². The number of aromatic nitrogens is 1. The zero-order valence-electron chi connectivity index (χ0n) is 15.5. The van der Waals surface area contributed by atoms with Gasteiger partial charge in [-0.3, -0.25) is 4.98 Å². The Morgan fingerprint density at radius 3 is 2.90 bits per heavy atom. The maximum absolute atomic E-state index is 8.14. The fourth-order valence-corrected chi connectivity index (χ4v) is 2.34. The predicted molar refractivity (Wildman–Crippen MR) is 81.7 cm³/mol. The van der Waals surface area contributed by atoms with E-state index >= 15 is 0 Å². The molecule has 0 bridgehead atoms. The van der Waals surface area contributed by atoms with Crippen LogP contribution < -0.4 is 0 Å². The van der Waals surface area contributed by atoms with Gasteiger partial charge in [-0.1, -0.05) is 30.3 Å². The summed E-state index contributed by atoms with van der Waals surface area (Å²) in [6, 6.07) is 12.6. The zero-order chi connectivity index (χ0) is 17.8. The van der Waals surface area contributed by atoms with E-state index in [0.29, 0.717) is 11.1 Å². The molecule has 0 saturated carbocycles. The third-order valence-corrected chi connectivity index (χ3v) is 3.29. The lowest BCUT2D eigenvalue weighted by Gasteiger charge is -2.01. The van der Waals surface area contributed by atoms with Gasteiger partial charge in [-0.15, -0.1) is 0 Å². The molecule has 0 aliphatic rings. The largest absolute Gasteiger partial charge is 0.456 e. The van der Waals surface area contributed by atoms with Gasteiger partial charge in [0.05, 0.1) is 8.44 Å².